The van der Waals surface area contributed by atoms with Crippen molar-refractivity contribution in [3.05, 3.63) is 48.0 Å². The number of carbonyl (C=O) groups excluding carboxylic acids is 1. The molecule has 2 aliphatic rings. The van der Waals surface area contributed by atoms with Gasteiger partial charge in [0, 0.05) is 11.8 Å². The van der Waals surface area contributed by atoms with Crippen molar-refractivity contribution in [2.75, 3.05) is 17.4 Å². The minimum atomic E-state index is -0.103. The number of ether oxygens (including phenoxy) is 2. The number of nitrogens with zero attached hydrogens (tertiary/aromatic N) is 1. The van der Waals surface area contributed by atoms with Crippen molar-refractivity contribution in [3.63, 3.8) is 0 Å². The first-order valence-electron chi connectivity index (χ1n) is 6.84. The Balaban J connectivity index is 1.71. The van der Waals surface area contributed by atoms with E-state index in [1.807, 2.05) is 30.3 Å². The predicted molar refractivity (Wildman–Crippen MR) is 83.4 cm³/mol. The Hall–Kier alpha value is -2.34. The standard InChI is InChI=1S/C16H13NO4S/c18-12-4-1-10(2-5-12)16-17(15(19)8-22-16)11-3-6-13-14(7-11)21-9-20-13/h1-7,16,18H,8-9H2. The van der Waals surface area contributed by atoms with E-state index in [9.17, 15) is 9.90 Å². The van der Waals surface area contributed by atoms with E-state index in [0.717, 1.165) is 11.3 Å². The van der Waals surface area contributed by atoms with E-state index >= 15 is 0 Å². The van der Waals surface area contributed by atoms with Crippen LogP contribution in [0.3, 0.4) is 0 Å². The highest BCUT2D eigenvalue weighted by molar-refractivity contribution is 8.00. The lowest BCUT2D eigenvalue weighted by Gasteiger charge is -2.24. The Morgan fingerprint density at radius 1 is 1.09 bits per heavy atom. The molecule has 0 spiro atoms. The summed E-state index contributed by atoms with van der Waals surface area (Å²) in [6.45, 7) is 0.211. The van der Waals surface area contributed by atoms with E-state index in [2.05, 4.69) is 0 Å². The second-order valence-electron chi connectivity index (χ2n) is 5.06. The van der Waals surface area contributed by atoms with E-state index < -0.39 is 0 Å². The molecule has 0 saturated carbocycles. The van der Waals surface area contributed by atoms with Crippen LogP contribution in [-0.2, 0) is 4.79 Å². The first-order valence-corrected chi connectivity index (χ1v) is 7.89. The van der Waals surface area contributed by atoms with E-state index in [0.29, 0.717) is 17.3 Å². The van der Waals surface area contributed by atoms with Crippen LogP contribution in [0, 0.1) is 0 Å². The van der Waals surface area contributed by atoms with Gasteiger partial charge in [-0.3, -0.25) is 9.69 Å². The number of phenolic OH excluding ortho intramolecular Hbond substituents is 1. The summed E-state index contributed by atoms with van der Waals surface area (Å²) in [6, 6.07) is 12.5. The number of anilines is 1. The number of carbonyl (C=O) groups is 1. The van der Waals surface area contributed by atoms with Gasteiger partial charge in [-0.1, -0.05) is 12.1 Å². The Kier molecular flexibility index (Phi) is 3.11. The second kappa shape index (κ2) is 5.14. The number of amides is 1. The molecule has 1 fully saturated rings. The van der Waals surface area contributed by atoms with Gasteiger partial charge < -0.3 is 14.6 Å². The lowest BCUT2D eigenvalue weighted by Crippen LogP contribution is -2.27. The predicted octanol–water partition coefficient (Wildman–Crippen LogP) is 2.90. The van der Waals surface area contributed by atoms with Crippen LogP contribution in [-0.4, -0.2) is 23.6 Å². The summed E-state index contributed by atoms with van der Waals surface area (Å²) in [4.78, 5) is 14.1. The monoisotopic (exact) mass is 315 g/mol. The van der Waals surface area contributed by atoms with Crippen LogP contribution in [0.4, 0.5) is 5.69 Å². The number of hydrogen-bond donors (Lipinski definition) is 1. The van der Waals surface area contributed by atoms with E-state index in [4.69, 9.17) is 9.47 Å². The number of hydrogen-bond acceptors (Lipinski definition) is 5. The molecule has 6 heteroatoms. The molecule has 1 N–H and O–H groups in total. The molecule has 2 aromatic rings. The first-order chi connectivity index (χ1) is 10.7. The first kappa shape index (κ1) is 13.3. The third kappa shape index (κ3) is 2.16. The smallest absolute Gasteiger partial charge is 0.238 e. The quantitative estimate of drug-likeness (QED) is 0.923. The van der Waals surface area contributed by atoms with Crippen LogP contribution in [0.15, 0.2) is 42.5 Å². The highest BCUT2D eigenvalue weighted by atomic mass is 32.2. The van der Waals surface area contributed by atoms with Crippen molar-refractivity contribution < 1.29 is 19.4 Å². The molecule has 0 bridgehead atoms. The van der Waals surface area contributed by atoms with Crippen LogP contribution in [0.2, 0.25) is 0 Å². The van der Waals surface area contributed by atoms with Crippen molar-refractivity contribution in [2.45, 2.75) is 5.37 Å². The maximum atomic E-state index is 12.3. The van der Waals surface area contributed by atoms with Crippen molar-refractivity contribution in [1.82, 2.24) is 0 Å². The second-order valence-corrected chi connectivity index (χ2v) is 6.12. The third-order valence-corrected chi connectivity index (χ3v) is 4.89. The number of aromatic hydroxyl groups is 1. The van der Waals surface area contributed by atoms with Gasteiger partial charge in [0.1, 0.15) is 11.1 Å². The molecule has 1 saturated heterocycles. The van der Waals surface area contributed by atoms with Crippen molar-refractivity contribution >= 4 is 23.4 Å². The zero-order chi connectivity index (χ0) is 15.1. The Labute approximate surface area is 131 Å². The molecule has 1 amide bonds. The molecule has 0 aromatic heterocycles. The van der Waals surface area contributed by atoms with Gasteiger partial charge >= 0.3 is 0 Å². The Bertz CT molecular complexity index is 731. The van der Waals surface area contributed by atoms with Gasteiger partial charge in [-0.05, 0) is 29.8 Å². The van der Waals surface area contributed by atoms with Gasteiger partial charge in [-0.2, -0.15) is 0 Å². The molecule has 2 aliphatic heterocycles. The Morgan fingerprint density at radius 3 is 2.68 bits per heavy atom. The molecular formula is C16H13NO4S. The van der Waals surface area contributed by atoms with Gasteiger partial charge in [0.15, 0.2) is 11.5 Å². The van der Waals surface area contributed by atoms with Crippen molar-refractivity contribution in [3.8, 4) is 17.2 Å². The minimum absolute atomic E-state index is 0.0574. The van der Waals surface area contributed by atoms with Crippen molar-refractivity contribution in [2.24, 2.45) is 0 Å². The topological polar surface area (TPSA) is 59.0 Å². The average Bonchev–Trinajstić information content (AvgIpc) is 3.13. The summed E-state index contributed by atoms with van der Waals surface area (Å²) >= 11 is 1.57. The zero-order valence-corrected chi connectivity index (χ0v) is 12.4. The lowest BCUT2D eigenvalue weighted by molar-refractivity contribution is -0.115. The third-order valence-electron chi connectivity index (χ3n) is 3.68. The molecule has 5 nitrogen and oxygen atoms in total. The fourth-order valence-electron chi connectivity index (χ4n) is 2.62. The summed E-state index contributed by atoms with van der Waals surface area (Å²) in [6.07, 6.45) is 0. The fraction of sp³-hybridized carbons (Fsp3) is 0.188. The van der Waals surface area contributed by atoms with Gasteiger partial charge in [0.25, 0.3) is 0 Å². The van der Waals surface area contributed by atoms with E-state index in [-0.39, 0.29) is 23.8 Å². The van der Waals surface area contributed by atoms with E-state index in [1.165, 1.54) is 0 Å². The molecule has 1 atom stereocenters. The van der Waals surface area contributed by atoms with Gasteiger partial charge in [0.05, 0.1) is 5.75 Å². The molecule has 2 heterocycles. The maximum Gasteiger partial charge on any atom is 0.238 e. The average molecular weight is 315 g/mol. The van der Waals surface area contributed by atoms with Crippen LogP contribution in [0.1, 0.15) is 10.9 Å². The molecule has 4 rings (SSSR count). The number of fused-ring (bicyclic) bond motifs is 1. The highest BCUT2D eigenvalue weighted by Gasteiger charge is 2.34. The summed E-state index contributed by atoms with van der Waals surface area (Å²) in [5.41, 5.74) is 1.77. The summed E-state index contributed by atoms with van der Waals surface area (Å²) in [5.74, 6) is 2.06. The molecule has 0 aliphatic carbocycles. The zero-order valence-electron chi connectivity index (χ0n) is 11.6. The van der Waals surface area contributed by atoms with Crippen LogP contribution < -0.4 is 14.4 Å². The largest absolute Gasteiger partial charge is 0.508 e. The number of benzene rings is 2. The molecule has 0 radical (unpaired) electrons. The summed E-state index contributed by atoms with van der Waals surface area (Å²) in [7, 11) is 0. The Morgan fingerprint density at radius 2 is 1.86 bits per heavy atom. The molecule has 112 valence electrons. The summed E-state index contributed by atoms with van der Waals surface area (Å²) < 4.78 is 10.7. The molecule has 22 heavy (non-hydrogen) atoms. The number of rotatable bonds is 2. The molecule has 1 unspecified atom stereocenters. The molecule has 2 aromatic carbocycles. The number of phenols is 1. The normalized spacial score (nSPS) is 19.7. The summed E-state index contributed by atoms with van der Waals surface area (Å²) in [5, 5.41) is 9.32. The highest BCUT2D eigenvalue weighted by Crippen LogP contribution is 2.44. The minimum Gasteiger partial charge on any atom is -0.508 e. The van der Waals surface area contributed by atoms with Crippen LogP contribution in [0.25, 0.3) is 0 Å². The fourth-order valence-corrected chi connectivity index (χ4v) is 3.80. The van der Waals surface area contributed by atoms with Crippen LogP contribution >= 0.6 is 11.8 Å². The number of thioether (sulfide) groups is 1. The van der Waals surface area contributed by atoms with Crippen LogP contribution in [0.5, 0.6) is 17.2 Å². The SMILES string of the molecule is O=C1CSC(c2ccc(O)cc2)N1c1ccc2c(c1)OCO2. The molecular weight excluding hydrogens is 302 g/mol. The van der Waals surface area contributed by atoms with Gasteiger partial charge in [-0.15, -0.1) is 11.8 Å². The van der Waals surface area contributed by atoms with Gasteiger partial charge in [0.2, 0.25) is 12.7 Å². The lowest BCUT2D eigenvalue weighted by atomic mass is 10.1. The van der Waals surface area contributed by atoms with Crippen molar-refractivity contribution in [1.29, 1.82) is 0 Å². The van der Waals surface area contributed by atoms with Gasteiger partial charge in [-0.25, -0.2) is 0 Å². The van der Waals surface area contributed by atoms with E-state index in [1.54, 1.807) is 28.8 Å². The maximum absolute atomic E-state index is 12.3.